The molecular formula is C20H32O2. The summed E-state index contributed by atoms with van der Waals surface area (Å²) in [7, 11) is 0. The molecule has 0 saturated heterocycles. The molecule has 0 spiro atoms. The average molecular weight is 304 g/mol. The van der Waals surface area contributed by atoms with Crippen molar-refractivity contribution in [2.24, 2.45) is 10.8 Å². The molecule has 0 aliphatic carbocycles. The molecule has 22 heavy (non-hydrogen) atoms. The Balaban J connectivity index is 2.83. The summed E-state index contributed by atoms with van der Waals surface area (Å²) in [5.41, 5.74) is 0.271. The number of carboxylic acids is 1. The van der Waals surface area contributed by atoms with Crippen molar-refractivity contribution in [2.75, 3.05) is 0 Å². The minimum atomic E-state index is -0.729. The monoisotopic (exact) mass is 304 g/mol. The van der Waals surface area contributed by atoms with Gasteiger partial charge in [0.05, 0.1) is 5.41 Å². The van der Waals surface area contributed by atoms with E-state index < -0.39 is 11.4 Å². The van der Waals surface area contributed by atoms with E-state index in [9.17, 15) is 9.90 Å². The molecule has 1 aromatic carbocycles. The van der Waals surface area contributed by atoms with Crippen molar-refractivity contribution in [1.82, 2.24) is 0 Å². The molecule has 1 atom stereocenters. The lowest BCUT2D eigenvalue weighted by Gasteiger charge is -2.42. The second-order valence-electron chi connectivity index (χ2n) is 7.32. The first-order chi connectivity index (χ1) is 10.3. The first-order valence-corrected chi connectivity index (χ1v) is 8.61. The molecule has 0 aliphatic heterocycles. The molecule has 0 aliphatic rings. The van der Waals surface area contributed by atoms with Crippen LogP contribution in [0.3, 0.4) is 0 Å². The average Bonchev–Trinajstić information content (AvgIpc) is 2.47. The van der Waals surface area contributed by atoms with Crippen LogP contribution in [0.5, 0.6) is 0 Å². The lowest BCUT2D eigenvalue weighted by atomic mass is 9.61. The summed E-state index contributed by atoms with van der Waals surface area (Å²) in [5, 5.41) is 9.70. The quantitative estimate of drug-likeness (QED) is 0.562. The maximum Gasteiger partial charge on any atom is 0.309 e. The predicted molar refractivity (Wildman–Crippen MR) is 93.0 cm³/mol. The van der Waals surface area contributed by atoms with Gasteiger partial charge in [0, 0.05) is 0 Å². The highest BCUT2D eigenvalue weighted by Crippen LogP contribution is 2.45. The highest BCUT2D eigenvalue weighted by Gasteiger charge is 2.46. The van der Waals surface area contributed by atoms with Gasteiger partial charge < -0.3 is 5.11 Å². The SMILES string of the molecule is CCCCCCCC(C)(Cc1ccccc1)C(C)(C)C(=O)O. The zero-order chi connectivity index (χ0) is 16.6. The van der Waals surface area contributed by atoms with Crippen molar-refractivity contribution < 1.29 is 9.90 Å². The zero-order valence-electron chi connectivity index (χ0n) is 14.7. The number of rotatable bonds is 10. The zero-order valence-corrected chi connectivity index (χ0v) is 14.7. The molecule has 2 nitrogen and oxygen atoms in total. The Morgan fingerprint density at radius 2 is 1.59 bits per heavy atom. The molecule has 0 bridgehead atoms. The van der Waals surface area contributed by atoms with Crippen molar-refractivity contribution in [1.29, 1.82) is 0 Å². The number of unbranched alkanes of at least 4 members (excludes halogenated alkanes) is 4. The van der Waals surface area contributed by atoms with Gasteiger partial charge in [0.25, 0.3) is 0 Å². The smallest absolute Gasteiger partial charge is 0.309 e. The number of carboxylic acid groups (broad SMARTS) is 1. The summed E-state index contributed by atoms with van der Waals surface area (Å²) in [6, 6.07) is 10.3. The van der Waals surface area contributed by atoms with Crippen LogP contribution in [-0.4, -0.2) is 11.1 Å². The summed E-state index contributed by atoms with van der Waals surface area (Å²) in [4.78, 5) is 11.8. The van der Waals surface area contributed by atoms with Gasteiger partial charge in [0.1, 0.15) is 0 Å². The van der Waals surface area contributed by atoms with Gasteiger partial charge in [0.2, 0.25) is 0 Å². The van der Waals surface area contributed by atoms with E-state index in [4.69, 9.17) is 0 Å². The van der Waals surface area contributed by atoms with E-state index in [1.165, 1.54) is 31.2 Å². The van der Waals surface area contributed by atoms with Crippen LogP contribution in [0.15, 0.2) is 30.3 Å². The van der Waals surface area contributed by atoms with Gasteiger partial charge in [-0.2, -0.15) is 0 Å². The Labute approximate surface area is 135 Å². The van der Waals surface area contributed by atoms with Crippen LogP contribution in [0, 0.1) is 10.8 Å². The maximum absolute atomic E-state index is 11.8. The lowest BCUT2D eigenvalue weighted by Crippen LogP contribution is -2.43. The molecule has 0 heterocycles. The van der Waals surface area contributed by atoms with Crippen LogP contribution in [0.1, 0.15) is 71.8 Å². The fourth-order valence-corrected chi connectivity index (χ4v) is 3.05. The van der Waals surface area contributed by atoms with Crippen LogP contribution < -0.4 is 0 Å². The van der Waals surface area contributed by atoms with Gasteiger partial charge in [-0.25, -0.2) is 0 Å². The molecule has 124 valence electrons. The predicted octanol–water partition coefficient (Wildman–Crippen LogP) is 5.71. The summed E-state index contributed by atoms with van der Waals surface area (Å²) in [5.74, 6) is -0.695. The topological polar surface area (TPSA) is 37.3 Å². The molecule has 0 radical (unpaired) electrons. The number of benzene rings is 1. The van der Waals surface area contributed by atoms with Crippen molar-refractivity contribution in [3.63, 3.8) is 0 Å². The molecule has 1 aromatic rings. The van der Waals surface area contributed by atoms with Gasteiger partial charge in [-0.3, -0.25) is 4.79 Å². The highest BCUT2D eigenvalue weighted by atomic mass is 16.4. The molecule has 1 unspecified atom stereocenters. The molecule has 1 N–H and O–H groups in total. The summed E-state index contributed by atoms with van der Waals surface area (Å²) in [6.07, 6.45) is 7.87. The molecular weight excluding hydrogens is 272 g/mol. The summed E-state index contributed by atoms with van der Waals surface area (Å²) in [6.45, 7) is 8.12. The number of aliphatic carboxylic acids is 1. The van der Waals surface area contributed by atoms with E-state index in [1.807, 2.05) is 32.0 Å². The third kappa shape index (κ3) is 4.86. The van der Waals surface area contributed by atoms with Crippen LogP contribution in [0.25, 0.3) is 0 Å². The maximum atomic E-state index is 11.8. The van der Waals surface area contributed by atoms with Crippen molar-refractivity contribution >= 4 is 5.97 Å². The van der Waals surface area contributed by atoms with E-state index in [0.29, 0.717) is 0 Å². The first-order valence-electron chi connectivity index (χ1n) is 8.61. The molecule has 2 heteroatoms. The largest absolute Gasteiger partial charge is 0.481 e. The van der Waals surface area contributed by atoms with Gasteiger partial charge in [-0.05, 0) is 37.7 Å². The fraction of sp³-hybridized carbons (Fsp3) is 0.650. The first kappa shape index (κ1) is 18.7. The Morgan fingerprint density at radius 1 is 1.00 bits per heavy atom. The van der Waals surface area contributed by atoms with Crippen LogP contribution in [0.2, 0.25) is 0 Å². The van der Waals surface area contributed by atoms with Gasteiger partial charge in [0.15, 0.2) is 0 Å². The van der Waals surface area contributed by atoms with Crippen LogP contribution in [0.4, 0.5) is 0 Å². The Morgan fingerprint density at radius 3 is 2.14 bits per heavy atom. The Kier molecular flexibility index (Phi) is 7.12. The second-order valence-corrected chi connectivity index (χ2v) is 7.32. The molecule has 0 fully saturated rings. The molecule has 1 rings (SSSR count). The Bertz CT molecular complexity index is 450. The lowest BCUT2D eigenvalue weighted by molar-refractivity contribution is -0.155. The third-order valence-electron chi connectivity index (χ3n) is 5.31. The van der Waals surface area contributed by atoms with Crippen molar-refractivity contribution in [2.45, 2.75) is 72.6 Å². The summed E-state index contributed by atoms with van der Waals surface area (Å²) >= 11 is 0. The number of hydrogen-bond acceptors (Lipinski definition) is 1. The second kappa shape index (κ2) is 8.36. The fourth-order valence-electron chi connectivity index (χ4n) is 3.05. The van der Waals surface area contributed by atoms with Gasteiger partial charge in [-0.15, -0.1) is 0 Å². The van der Waals surface area contributed by atoms with Crippen LogP contribution >= 0.6 is 0 Å². The highest BCUT2D eigenvalue weighted by molar-refractivity contribution is 5.74. The molecule has 0 amide bonds. The number of carbonyl (C=O) groups is 1. The van der Waals surface area contributed by atoms with E-state index >= 15 is 0 Å². The van der Waals surface area contributed by atoms with E-state index in [2.05, 4.69) is 26.0 Å². The summed E-state index contributed by atoms with van der Waals surface area (Å²) < 4.78 is 0. The molecule has 0 aromatic heterocycles. The third-order valence-corrected chi connectivity index (χ3v) is 5.31. The minimum absolute atomic E-state index is 0.230. The van der Waals surface area contributed by atoms with Gasteiger partial charge >= 0.3 is 5.97 Å². The van der Waals surface area contributed by atoms with Crippen molar-refractivity contribution in [3.05, 3.63) is 35.9 Å². The Hall–Kier alpha value is -1.31. The van der Waals surface area contributed by atoms with E-state index in [-0.39, 0.29) is 5.41 Å². The van der Waals surface area contributed by atoms with E-state index in [1.54, 1.807) is 0 Å². The standard InChI is InChI=1S/C20H32O2/c1-5-6-7-8-12-15-20(4,19(2,3)18(21)22)16-17-13-10-9-11-14-17/h9-11,13-14H,5-8,12,15-16H2,1-4H3,(H,21,22). The van der Waals surface area contributed by atoms with Gasteiger partial charge in [-0.1, -0.05) is 76.3 Å². The minimum Gasteiger partial charge on any atom is -0.481 e. The van der Waals surface area contributed by atoms with Crippen molar-refractivity contribution in [3.8, 4) is 0 Å². The van der Waals surface area contributed by atoms with Crippen LogP contribution in [-0.2, 0) is 11.2 Å². The molecule has 0 saturated carbocycles. The van der Waals surface area contributed by atoms with E-state index in [0.717, 1.165) is 19.3 Å². The number of hydrogen-bond donors (Lipinski definition) is 1. The normalized spacial score (nSPS) is 14.5.